The number of rotatable bonds is 8. The molecule has 0 saturated carbocycles. The minimum atomic E-state index is -4.96. The summed E-state index contributed by atoms with van der Waals surface area (Å²) in [5.41, 5.74) is 6.52. The van der Waals surface area contributed by atoms with E-state index in [1.54, 1.807) is 13.0 Å². The number of primary amides is 1. The zero-order chi connectivity index (χ0) is 21.8. The van der Waals surface area contributed by atoms with E-state index >= 15 is 0 Å². The van der Waals surface area contributed by atoms with E-state index in [0.717, 1.165) is 12.5 Å². The van der Waals surface area contributed by atoms with Crippen LogP contribution in [0.5, 0.6) is 17.4 Å². The third kappa shape index (κ3) is 5.90. The molecule has 158 valence electrons. The van der Waals surface area contributed by atoms with Gasteiger partial charge in [0, 0.05) is 29.9 Å². The van der Waals surface area contributed by atoms with Crippen molar-refractivity contribution in [3.8, 4) is 17.4 Å². The van der Waals surface area contributed by atoms with E-state index in [2.05, 4.69) is 9.72 Å². The van der Waals surface area contributed by atoms with Crippen molar-refractivity contribution in [1.82, 2.24) is 4.98 Å². The highest BCUT2D eigenvalue weighted by molar-refractivity contribution is 6.30. The van der Waals surface area contributed by atoms with Gasteiger partial charge in [-0.25, -0.2) is 4.98 Å². The fourth-order valence-corrected chi connectivity index (χ4v) is 2.94. The molecule has 6 nitrogen and oxygen atoms in total. The van der Waals surface area contributed by atoms with Crippen LogP contribution in [-0.2, 0) is 0 Å². The standard InChI is InChI=1S/C19H21ClF3N3O3/c1-4-8-26(5-2)13-9-11(3)25-18(16(13)17(24)27)28-14-7-6-12(20)10-15(14)29-19(21,22)23/h6-7,9-10H,4-5,8H2,1-3H3,(H2,24,27). The van der Waals surface area contributed by atoms with Gasteiger partial charge in [0.05, 0.1) is 5.69 Å². The van der Waals surface area contributed by atoms with Crippen molar-refractivity contribution in [3.05, 3.63) is 40.5 Å². The molecule has 0 radical (unpaired) electrons. The van der Waals surface area contributed by atoms with Crippen molar-refractivity contribution in [2.24, 2.45) is 5.73 Å². The molecule has 1 aromatic heterocycles. The summed E-state index contributed by atoms with van der Waals surface area (Å²) in [5.74, 6) is -2.00. The number of halogens is 4. The summed E-state index contributed by atoms with van der Waals surface area (Å²) < 4.78 is 47.8. The molecule has 2 aromatic rings. The Balaban J connectivity index is 2.59. The number of hydrogen-bond acceptors (Lipinski definition) is 5. The topological polar surface area (TPSA) is 77.7 Å². The normalized spacial score (nSPS) is 11.3. The van der Waals surface area contributed by atoms with Crippen LogP contribution in [0, 0.1) is 6.92 Å². The number of hydrogen-bond donors (Lipinski definition) is 1. The first-order valence-corrected chi connectivity index (χ1v) is 9.23. The predicted octanol–water partition coefficient (Wildman–Crippen LogP) is 5.07. The molecular weight excluding hydrogens is 411 g/mol. The summed E-state index contributed by atoms with van der Waals surface area (Å²) in [7, 11) is 0. The number of carbonyl (C=O) groups is 1. The van der Waals surface area contributed by atoms with Crippen LogP contribution in [0.1, 0.15) is 36.3 Å². The highest BCUT2D eigenvalue weighted by Gasteiger charge is 2.33. The lowest BCUT2D eigenvalue weighted by molar-refractivity contribution is -0.275. The van der Waals surface area contributed by atoms with E-state index in [1.807, 2.05) is 18.7 Å². The second-order valence-corrected chi connectivity index (χ2v) is 6.58. The predicted molar refractivity (Wildman–Crippen MR) is 104 cm³/mol. The molecular formula is C19H21ClF3N3O3. The van der Waals surface area contributed by atoms with Crippen molar-refractivity contribution in [2.45, 2.75) is 33.6 Å². The second-order valence-electron chi connectivity index (χ2n) is 6.15. The molecule has 1 heterocycles. The Bertz CT molecular complexity index is 891. The van der Waals surface area contributed by atoms with Gasteiger partial charge in [0.15, 0.2) is 11.5 Å². The number of benzene rings is 1. The van der Waals surface area contributed by atoms with Crippen LogP contribution in [0.3, 0.4) is 0 Å². The van der Waals surface area contributed by atoms with Crippen LogP contribution in [-0.4, -0.2) is 30.3 Å². The largest absolute Gasteiger partial charge is 0.573 e. The van der Waals surface area contributed by atoms with Gasteiger partial charge >= 0.3 is 6.36 Å². The lowest BCUT2D eigenvalue weighted by atomic mass is 10.1. The molecule has 1 amide bonds. The van der Waals surface area contributed by atoms with E-state index < -0.39 is 18.0 Å². The monoisotopic (exact) mass is 431 g/mol. The Hall–Kier alpha value is -2.68. The molecule has 0 aliphatic carbocycles. The minimum absolute atomic E-state index is 0.0183. The first-order chi connectivity index (χ1) is 13.6. The summed E-state index contributed by atoms with van der Waals surface area (Å²) in [5, 5.41) is 0.0183. The van der Waals surface area contributed by atoms with Gasteiger partial charge in [-0.2, -0.15) is 0 Å². The zero-order valence-corrected chi connectivity index (χ0v) is 16.9. The first-order valence-electron chi connectivity index (χ1n) is 8.85. The molecule has 0 aliphatic heterocycles. The average Bonchev–Trinajstić information content (AvgIpc) is 2.59. The number of anilines is 1. The van der Waals surface area contributed by atoms with Gasteiger partial charge in [0.2, 0.25) is 5.88 Å². The van der Waals surface area contributed by atoms with Crippen molar-refractivity contribution in [2.75, 3.05) is 18.0 Å². The Kier molecular flexibility index (Phi) is 7.18. The summed E-state index contributed by atoms with van der Waals surface area (Å²) in [6.45, 7) is 6.79. The quantitative estimate of drug-likeness (QED) is 0.631. The number of alkyl halides is 3. The van der Waals surface area contributed by atoms with Crippen LogP contribution in [0.15, 0.2) is 24.3 Å². The van der Waals surface area contributed by atoms with Crippen LogP contribution in [0.2, 0.25) is 5.02 Å². The maximum Gasteiger partial charge on any atom is 0.573 e. The van der Waals surface area contributed by atoms with Crippen LogP contribution in [0.25, 0.3) is 0 Å². The van der Waals surface area contributed by atoms with Crippen LogP contribution >= 0.6 is 11.6 Å². The molecule has 2 N–H and O–H groups in total. The lowest BCUT2D eigenvalue weighted by Crippen LogP contribution is -2.28. The summed E-state index contributed by atoms with van der Waals surface area (Å²) in [6, 6.07) is 5.17. The number of aromatic nitrogens is 1. The van der Waals surface area contributed by atoms with Crippen LogP contribution in [0.4, 0.5) is 18.9 Å². The summed E-state index contributed by atoms with van der Waals surface area (Å²) in [4.78, 5) is 18.3. The fourth-order valence-electron chi connectivity index (χ4n) is 2.78. The van der Waals surface area contributed by atoms with E-state index in [9.17, 15) is 18.0 Å². The Morgan fingerprint density at radius 3 is 2.48 bits per heavy atom. The molecule has 0 spiro atoms. The number of aryl methyl sites for hydroxylation is 1. The molecule has 0 saturated heterocycles. The van der Waals surface area contributed by atoms with Crippen molar-refractivity contribution < 1.29 is 27.4 Å². The Morgan fingerprint density at radius 1 is 1.24 bits per heavy atom. The Morgan fingerprint density at radius 2 is 1.93 bits per heavy atom. The van der Waals surface area contributed by atoms with E-state index in [0.29, 0.717) is 24.5 Å². The van der Waals surface area contributed by atoms with E-state index in [4.69, 9.17) is 22.1 Å². The highest BCUT2D eigenvalue weighted by Crippen LogP contribution is 2.39. The molecule has 2 rings (SSSR count). The van der Waals surface area contributed by atoms with Gasteiger partial charge in [0.25, 0.3) is 5.91 Å². The Labute approximate surface area is 171 Å². The highest BCUT2D eigenvalue weighted by atomic mass is 35.5. The van der Waals surface area contributed by atoms with Gasteiger partial charge in [-0.3, -0.25) is 4.79 Å². The first kappa shape index (κ1) is 22.6. The average molecular weight is 432 g/mol. The van der Waals surface area contributed by atoms with E-state index in [1.165, 1.54) is 12.1 Å². The van der Waals surface area contributed by atoms with Crippen molar-refractivity contribution in [3.63, 3.8) is 0 Å². The molecule has 1 aromatic carbocycles. The number of carbonyl (C=O) groups excluding carboxylic acids is 1. The van der Waals surface area contributed by atoms with Gasteiger partial charge in [-0.05, 0) is 38.5 Å². The lowest BCUT2D eigenvalue weighted by Gasteiger charge is -2.26. The molecule has 0 fully saturated rings. The SMILES string of the molecule is CCCN(CC)c1cc(C)nc(Oc2ccc(Cl)cc2OC(F)(F)F)c1C(N)=O. The molecule has 0 atom stereocenters. The van der Waals surface area contributed by atoms with Crippen molar-refractivity contribution >= 4 is 23.2 Å². The molecule has 10 heteroatoms. The molecule has 29 heavy (non-hydrogen) atoms. The van der Waals surface area contributed by atoms with E-state index in [-0.39, 0.29) is 22.2 Å². The van der Waals surface area contributed by atoms with Crippen LogP contribution < -0.4 is 20.1 Å². The molecule has 0 unspecified atom stereocenters. The maximum atomic E-state index is 12.7. The maximum absolute atomic E-state index is 12.7. The zero-order valence-electron chi connectivity index (χ0n) is 16.1. The second kappa shape index (κ2) is 9.21. The minimum Gasteiger partial charge on any atom is -0.434 e. The van der Waals surface area contributed by atoms with Gasteiger partial charge in [0.1, 0.15) is 5.56 Å². The van der Waals surface area contributed by atoms with Gasteiger partial charge in [-0.1, -0.05) is 18.5 Å². The summed E-state index contributed by atoms with van der Waals surface area (Å²) >= 11 is 5.78. The third-order valence-corrected chi connectivity index (χ3v) is 4.13. The number of nitrogens with two attached hydrogens (primary N) is 1. The fraction of sp³-hybridized carbons (Fsp3) is 0.368. The van der Waals surface area contributed by atoms with Gasteiger partial charge in [-0.15, -0.1) is 13.2 Å². The van der Waals surface area contributed by atoms with Gasteiger partial charge < -0.3 is 20.1 Å². The molecule has 0 bridgehead atoms. The number of ether oxygens (including phenoxy) is 2. The smallest absolute Gasteiger partial charge is 0.434 e. The number of amides is 1. The molecule has 0 aliphatic rings. The third-order valence-electron chi connectivity index (χ3n) is 3.89. The van der Waals surface area contributed by atoms with Crippen molar-refractivity contribution in [1.29, 1.82) is 0 Å². The number of pyridine rings is 1. The number of nitrogens with zero attached hydrogens (tertiary/aromatic N) is 2. The summed E-state index contributed by atoms with van der Waals surface area (Å²) in [6.07, 6.45) is -4.15.